The molecular weight excluding hydrogens is 287 g/mol. The fraction of sp³-hybridized carbons (Fsp3) is 0.667. The Morgan fingerprint density at radius 1 is 1.30 bits per heavy atom. The molecule has 20 heavy (non-hydrogen) atoms. The average Bonchev–Trinajstić information content (AvgIpc) is 2.40. The summed E-state index contributed by atoms with van der Waals surface area (Å²) >= 11 is 6.29. The summed E-state index contributed by atoms with van der Waals surface area (Å²) in [5, 5.41) is -0.503. The molecule has 1 aliphatic rings. The molecule has 0 spiro atoms. The van der Waals surface area contributed by atoms with Gasteiger partial charge in [-0.3, -0.25) is 4.98 Å². The van der Waals surface area contributed by atoms with Crippen molar-refractivity contribution in [1.82, 2.24) is 4.98 Å². The summed E-state index contributed by atoms with van der Waals surface area (Å²) in [6.07, 6.45) is 0.233. The van der Waals surface area contributed by atoms with Crippen molar-refractivity contribution in [2.75, 3.05) is 0 Å². The van der Waals surface area contributed by atoms with Crippen LogP contribution in [0.25, 0.3) is 0 Å². The van der Waals surface area contributed by atoms with Crippen LogP contribution in [-0.2, 0) is 6.42 Å². The van der Waals surface area contributed by atoms with Gasteiger partial charge >= 0.3 is 6.18 Å². The topological polar surface area (TPSA) is 12.9 Å². The van der Waals surface area contributed by atoms with E-state index < -0.39 is 23.4 Å². The first-order valence-corrected chi connectivity index (χ1v) is 7.44. The summed E-state index contributed by atoms with van der Waals surface area (Å²) in [5.41, 5.74) is 1.80. The maximum atomic E-state index is 13.1. The molecule has 0 amide bonds. The molecule has 0 aromatic carbocycles. The van der Waals surface area contributed by atoms with Gasteiger partial charge in [0.25, 0.3) is 0 Å². The fourth-order valence-corrected chi connectivity index (χ4v) is 3.43. The van der Waals surface area contributed by atoms with Crippen LogP contribution in [0, 0.1) is 18.8 Å². The first kappa shape index (κ1) is 15.6. The van der Waals surface area contributed by atoms with E-state index in [4.69, 9.17) is 11.6 Å². The molecule has 3 unspecified atom stereocenters. The second-order valence-corrected chi connectivity index (χ2v) is 6.20. The standard InChI is InChI=1S/C15H19ClF3N/c1-10-6-7-11(20-9-10)8-14(16)12-4-2-3-5-13(12)15(17,18)19/h6-7,9,12-14H,2-5,8H2,1H3. The van der Waals surface area contributed by atoms with E-state index in [1.54, 1.807) is 6.20 Å². The molecule has 1 aromatic heterocycles. The minimum atomic E-state index is -4.14. The lowest BCUT2D eigenvalue weighted by Crippen LogP contribution is -2.38. The Hall–Kier alpha value is -0.770. The average molecular weight is 306 g/mol. The molecule has 0 N–H and O–H groups in total. The van der Waals surface area contributed by atoms with Crippen molar-refractivity contribution in [2.24, 2.45) is 11.8 Å². The lowest BCUT2D eigenvalue weighted by atomic mass is 9.76. The Morgan fingerprint density at radius 2 is 2.00 bits per heavy atom. The summed E-state index contributed by atoms with van der Waals surface area (Å²) < 4.78 is 39.2. The number of alkyl halides is 4. The molecule has 0 aliphatic heterocycles. The van der Waals surface area contributed by atoms with E-state index >= 15 is 0 Å². The highest BCUT2D eigenvalue weighted by Gasteiger charge is 2.47. The van der Waals surface area contributed by atoms with Gasteiger partial charge in [0.1, 0.15) is 0 Å². The quantitative estimate of drug-likeness (QED) is 0.723. The number of halogens is 4. The van der Waals surface area contributed by atoms with Crippen molar-refractivity contribution in [3.05, 3.63) is 29.6 Å². The maximum absolute atomic E-state index is 13.1. The van der Waals surface area contributed by atoms with Crippen molar-refractivity contribution >= 4 is 11.6 Å². The van der Waals surface area contributed by atoms with Gasteiger partial charge in [-0.05, 0) is 37.3 Å². The second kappa shape index (κ2) is 6.33. The monoisotopic (exact) mass is 305 g/mol. The zero-order chi connectivity index (χ0) is 14.8. The van der Waals surface area contributed by atoms with Crippen molar-refractivity contribution in [3.8, 4) is 0 Å². The molecule has 2 rings (SSSR count). The number of rotatable bonds is 3. The summed E-state index contributed by atoms with van der Waals surface area (Å²) in [5.74, 6) is -1.75. The van der Waals surface area contributed by atoms with Gasteiger partial charge in [0.15, 0.2) is 0 Å². The van der Waals surface area contributed by atoms with Crippen LogP contribution in [-0.4, -0.2) is 16.5 Å². The van der Waals surface area contributed by atoms with Crippen molar-refractivity contribution < 1.29 is 13.2 Å². The number of aromatic nitrogens is 1. The van der Waals surface area contributed by atoms with E-state index in [-0.39, 0.29) is 6.42 Å². The Kier molecular flexibility index (Phi) is 4.95. The SMILES string of the molecule is Cc1ccc(CC(Cl)C2CCCCC2C(F)(F)F)nc1. The third kappa shape index (κ3) is 3.87. The number of hydrogen-bond acceptors (Lipinski definition) is 1. The Bertz CT molecular complexity index is 430. The Labute approximate surface area is 122 Å². The van der Waals surface area contributed by atoms with E-state index in [9.17, 15) is 13.2 Å². The first-order valence-electron chi connectivity index (χ1n) is 7.00. The molecule has 1 heterocycles. The minimum absolute atomic E-state index is 0.207. The van der Waals surface area contributed by atoms with Crippen LogP contribution >= 0.6 is 11.6 Å². The molecular formula is C15H19ClF3N. The van der Waals surface area contributed by atoms with Gasteiger partial charge in [-0.2, -0.15) is 13.2 Å². The van der Waals surface area contributed by atoms with Gasteiger partial charge in [0.2, 0.25) is 0 Å². The smallest absolute Gasteiger partial charge is 0.261 e. The summed E-state index contributed by atoms with van der Waals surface area (Å²) in [7, 11) is 0. The van der Waals surface area contributed by atoms with E-state index in [0.29, 0.717) is 19.3 Å². The lowest BCUT2D eigenvalue weighted by Gasteiger charge is -2.35. The summed E-state index contributed by atoms with van der Waals surface area (Å²) in [4.78, 5) is 4.23. The highest BCUT2D eigenvalue weighted by molar-refractivity contribution is 6.20. The van der Waals surface area contributed by atoms with Crippen molar-refractivity contribution in [2.45, 2.75) is 50.6 Å². The molecule has 1 aliphatic carbocycles. The van der Waals surface area contributed by atoms with Gasteiger partial charge in [0.05, 0.1) is 5.92 Å². The molecule has 0 saturated heterocycles. The molecule has 5 heteroatoms. The van der Waals surface area contributed by atoms with E-state index in [1.165, 1.54) is 0 Å². The van der Waals surface area contributed by atoms with Crippen LogP contribution < -0.4 is 0 Å². The minimum Gasteiger partial charge on any atom is -0.261 e. The predicted octanol–water partition coefficient (Wildman–Crippen LogP) is 4.91. The van der Waals surface area contributed by atoms with Crippen LogP contribution in [0.3, 0.4) is 0 Å². The lowest BCUT2D eigenvalue weighted by molar-refractivity contribution is -0.196. The Balaban J connectivity index is 2.06. The van der Waals surface area contributed by atoms with Gasteiger partial charge in [0, 0.05) is 23.7 Å². The number of nitrogens with zero attached hydrogens (tertiary/aromatic N) is 1. The largest absolute Gasteiger partial charge is 0.392 e. The van der Waals surface area contributed by atoms with Gasteiger partial charge in [-0.25, -0.2) is 0 Å². The maximum Gasteiger partial charge on any atom is 0.392 e. The zero-order valence-electron chi connectivity index (χ0n) is 11.5. The van der Waals surface area contributed by atoms with Crippen molar-refractivity contribution in [1.29, 1.82) is 0 Å². The molecule has 112 valence electrons. The molecule has 0 radical (unpaired) electrons. The molecule has 1 fully saturated rings. The number of pyridine rings is 1. The Morgan fingerprint density at radius 3 is 2.60 bits per heavy atom. The molecule has 1 saturated carbocycles. The zero-order valence-corrected chi connectivity index (χ0v) is 12.2. The third-order valence-electron chi connectivity index (χ3n) is 4.08. The molecule has 0 bridgehead atoms. The van der Waals surface area contributed by atoms with Crippen LogP contribution in [0.15, 0.2) is 18.3 Å². The summed E-state index contributed by atoms with van der Waals surface area (Å²) in [6.45, 7) is 1.93. The van der Waals surface area contributed by atoms with E-state index in [1.807, 2.05) is 19.1 Å². The fourth-order valence-electron chi connectivity index (χ4n) is 2.97. The number of hydrogen-bond donors (Lipinski definition) is 0. The van der Waals surface area contributed by atoms with Crippen LogP contribution in [0.4, 0.5) is 13.2 Å². The van der Waals surface area contributed by atoms with Crippen LogP contribution in [0.1, 0.15) is 36.9 Å². The van der Waals surface area contributed by atoms with Crippen molar-refractivity contribution in [3.63, 3.8) is 0 Å². The van der Waals surface area contributed by atoms with E-state index in [0.717, 1.165) is 17.7 Å². The van der Waals surface area contributed by atoms with Gasteiger partial charge < -0.3 is 0 Å². The second-order valence-electron chi connectivity index (χ2n) is 5.64. The van der Waals surface area contributed by atoms with Gasteiger partial charge in [-0.1, -0.05) is 18.9 Å². The van der Waals surface area contributed by atoms with Crippen LogP contribution in [0.5, 0.6) is 0 Å². The number of aryl methyl sites for hydroxylation is 1. The van der Waals surface area contributed by atoms with Gasteiger partial charge in [-0.15, -0.1) is 11.6 Å². The molecule has 3 atom stereocenters. The third-order valence-corrected chi connectivity index (χ3v) is 4.56. The summed E-state index contributed by atoms with van der Waals surface area (Å²) in [6, 6.07) is 3.75. The van der Waals surface area contributed by atoms with Crippen LogP contribution in [0.2, 0.25) is 0 Å². The van der Waals surface area contributed by atoms with E-state index in [2.05, 4.69) is 4.98 Å². The first-order chi connectivity index (χ1) is 9.38. The predicted molar refractivity (Wildman–Crippen MR) is 73.8 cm³/mol. The normalized spacial score (nSPS) is 25.4. The highest BCUT2D eigenvalue weighted by Crippen LogP contribution is 2.44. The molecule has 1 nitrogen and oxygen atoms in total. The molecule has 1 aromatic rings. The highest BCUT2D eigenvalue weighted by atomic mass is 35.5.